The van der Waals surface area contributed by atoms with Crippen LogP contribution in [0.1, 0.15) is 32.0 Å². The number of halogens is 3. The number of nitrogens with one attached hydrogen (secondary N) is 1. The topological polar surface area (TPSA) is 29.9 Å². The number of hydrogen-bond acceptors (Lipinski definition) is 2. The van der Waals surface area contributed by atoms with E-state index in [4.69, 9.17) is 0 Å². The lowest BCUT2D eigenvalue weighted by molar-refractivity contribution is 0.448. The van der Waals surface area contributed by atoms with Crippen LogP contribution in [0.2, 0.25) is 0 Å². The lowest BCUT2D eigenvalue weighted by Gasteiger charge is -2.09. The molecule has 108 valence electrons. The van der Waals surface area contributed by atoms with E-state index in [0.717, 1.165) is 12.5 Å². The molecule has 1 aromatic heterocycles. The van der Waals surface area contributed by atoms with Gasteiger partial charge in [0, 0.05) is 12.2 Å². The van der Waals surface area contributed by atoms with E-state index in [2.05, 4.69) is 17.3 Å². The summed E-state index contributed by atoms with van der Waals surface area (Å²) >= 11 is 0. The van der Waals surface area contributed by atoms with Gasteiger partial charge in [0.15, 0.2) is 17.5 Å². The summed E-state index contributed by atoms with van der Waals surface area (Å²) in [6, 6.07) is 4.14. The van der Waals surface area contributed by atoms with Gasteiger partial charge in [-0.2, -0.15) is 5.10 Å². The molecule has 0 saturated carbocycles. The number of benzene rings is 1. The summed E-state index contributed by atoms with van der Waals surface area (Å²) in [5.41, 5.74) is 0.622. The molecule has 1 unspecified atom stereocenters. The number of rotatable bonds is 5. The molecule has 2 rings (SSSR count). The van der Waals surface area contributed by atoms with Crippen LogP contribution >= 0.6 is 0 Å². The fourth-order valence-corrected chi connectivity index (χ4v) is 1.75. The quantitative estimate of drug-likeness (QED) is 0.844. The molecular weight excluding hydrogens is 267 g/mol. The van der Waals surface area contributed by atoms with E-state index in [-0.39, 0.29) is 18.3 Å². The van der Waals surface area contributed by atoms with Crippen molar-refractivity contribution in [2.75, 3.05) is 5.32 Å². The van der Waals surface area contributed by atoms with E-state index in [1.165, 1.54) is 6.07 Å². The van der Waals surface area contributed by atoms with Crippen LogP contribution in [0.5, 0.6) is 0 Å². The van der Waals surface area contributed by atoms with E-state index < -0.39 is 17.5 Å². The van der Waals surface area contributed by atoms with E-state index in [9.17, 15) is 13.2 Å². The standard InChI is InChI=1S/C14H16F3N3/c1-3-9(2)20-7-6-10(19-20)8-18-12-5-4-11(15)13(16)14(12)17/h4-7,9,18H,3,8H2,1-2H3. The van der Waals surface area contributed by atoms with Crippen molar-refractivity contribution in [2.24, 2.45) is 0 Å². The SMILES string of the molecule is CCC(C)n1ccc(CNc2ccc(F)c(F)c2F)n1. The van der Waals surface area contributed by atoms with Crippen molar-refractivity contribution >= 4 is 5.69 Å². The third kappa shape index (κ3) is 2.95. The Morgan fingerprint density at radius 2 is 1.95 bits per heavy atom. The Labute approximate surface area is 115 Å². The van der Waals surface area contributed by atoms with E-state index in [1.807, 2.05) is 17.8 Å². The number of anilines is 1. The average molecular weight is 283 g/mol. The van der Waals surface area contributed by atoms with Crippen molar-refractivity contribution in [3.8, 4) is 0 Å². The van der Waals surface area contributed by atoms with Gasteiger partial charge in [0.05, 0.1) is 17.9 Å². The fourth-order valence-electron chi connectivity index (χ4n) is 1.75. The first-order valence-corrected chi connectivity index (χ1v) is 6.44. The van der Waals surface area contributed by atoms with Gasteiger partial charge in [0.2, 0.25) is 0 Å². The summed E-state index contributed by atoms with van der Waals surface area (Å²) < 4.78 is 41.1. The minimum atomic E-state index is -1.47. The number of nitrogens with zero attached hydrogens (tertiary/aromatic N) is 2. The van der Waals surface area contributed by atoms with Crippen molar-refractivity contribution in [3.05, 3.63) is 47.5 Å². The first-order chi connectivity index (χ1) is 9.52. The van der Waals surface area contributed by atoms with E-state index in [0.29, 0.717) is 5.69 Å². The van der Waals surface area contributed by atoms with Crippen LogP contribution < -0.4 is 5.32 Å². The van der Waals surface area contributed by atoms with Gasteiger partial charge in [-0.25, -0.2) is 13.2 Å². The van der Waals surface area contributed by atoms with Gasteiger partial charge in [-0.1, -0.05) is 6.92 Å². The molecular formula is C14H16F3N3. The summed E-state index contributed by atoms with van der Waals surface area (Å²) in [4.78, 5) is 0. The third-order valence-electron chi connectivity index (χ3n) is 3.20. The van der Waals surface area contributed by atoms with Crippen LogP contribution in [0.4, 0.5) is 18.9 Å². The number of hydrogen-bond donors (Lipinski definition) is 1. The highest BCUT2D eigenvalue weighted by molar-refractivity contribution is 5.45. The lowest BCUT2D eigenvalue weighted by Crippen LogP contribution is -2.07. The number of aromatic nitrogens is 2. The van der Waals surface area contributed by atoms with Crippen molar-refractivity contribution in [1.29, 1.82) is 0 Å². The van der Waals surface area contributed by atoms with Gasteiger partial charge < -0.3 is 5.32 Å². The summed E-state index contributed by atoms with van der Waals surface area (Å²) in [5.74, 6) is -3.89. The summed E-state index contributed by atoms with van der Waals surface area (Å²) in [6.45, 7) is 4.34. The fraction of sp³-hybridized carbons (Fsp3) is 0.357. The molecule has 1 N–H and O–H groups in total. The highest BCUT2D eigenvalue weighted by Crippen LogP contribution is 2.20. The van der Waals surface area contributed by atoms with Crippen molar-refractivity contribution < 1.29 is 13.2 Å². The van der Waals surface area contributed by atoms with Crippen LogP contribution in [0, 0.1) is 17.5 Å². The molecule has 1 aromatic carbocycles. The van der Waals surface area contributed by atoms with Crippen LogP contribution in [0.3, 0.4) is 0 Å². The first kappa shape index (κ1) is 14.4. The molecule has 0 aliphatic carbocycles. The Balaban J connectivity index is 2.06. The highest BCUT2D eigenvalue weighted by Gasteiger charge is 2.13. The van der Waals surface area contributed by atoms with E-state index >= 15 is 0 Å². The Morgan fingerprint density at radius 3 is 2.65 bits per heavy atom. The molecule has 2 aromatic rings. The second kappa shape index (κ2) is 5.98. The Kier molecular flexibility index (Phi) is 4.32. The van der Waals surface area contributed by atoms with Crippen LogP contribution in [-0.2, 0) is 6.54 Å². The maximum atomic E-state index is 13.5. The molecule has 1 heterocycles. The zero-order valence-corrected chi connectivity index (χ0v) is 11.3. The molecule has 0 amide bonds. The van der Waals surface area contributed by atoms with Crippen molar-refractivity contribution in [2.45, 2.75) is 32.9 Å². The summed E-state index contributed by atoms with van der Waals surface area (Å²) in [6.07, 6.45) is 2.79. The van der Waals surface area contributed by atoms with Gasteiger partial charge in [-0.05, 0) is 31.5 Å². The molecule has 0 saturated heterocycles. The molecule has 0 spiro atoms. The van der Waals surface area contributed by atoms with Crippen LogP contribution in [0.15, 0.2) is 24.4 Å². The molecule has 0 bridgehead atoms. The molecule has 0 radical (unpaired) electrons. The molecule has 0 fully saturated rings. The largest absolute Gasteiger partial charge is 0.377 e. The zero-order valence-electron chi connectivity index (χ0n) is 11.3. The molecule has 1 atom stereocenters. The van der Waals surface area contributed by atoms with Crippen LogP contribution in [0.25, 0.3) is 0 Å². The van der Waals surface area contributed by atoms with Crippen molar-refractivity contribution in [1.82, 2.24) is 9.78 Å². The van der Waals surface area contributed by atoms with Gasteiger partial charge in [0.25, 0.3) is 0 Å². The Hall–Kier alpha value is -1.98. The minimum Gasteiger partial charge on any atom is -0.377 e. The highest BCUT2D eigenvalue weighted by atomic mass is 19.2. The van der Waals surface area contributed by atoms with Gasteiger partial charge in [-0.3, -0.25) is 4.68 Å². The van der Waals surface area contributed by atoms with Crippen molar-refractivity contribution in [3.63, 3.8) is 0 Å². The molecule has 0 aliphatic heterocycles. The molecule has 0 aliphatic rings. The van der Waals surface area contributed by atoms with Gasteiger partial charge in [0.1, 0.15) is 0 Å². The lowest BCUT2D eigenvalue weighted by atomic mass is 10.2. The second-order valence-electron chi connectivity index (χ2n) is 4.62. The molecule has 3 nitrogen and oxygen atoms in total. The smallest absolute Gasteiger partial charge is 0.196 e. The third-order valence-corrected chi connectivity index (χ3v) is 3.20. The van der Waals surface area contributed by atoms with Gasteiger partial charge in [-0.15, -0.1) is 0 Å². The van der Waals surface area contributed by atoms with E-state index in [1.54, 1.807) is 6.07 Å². The predicted molar refractivity (Wildman–Crippen MR) is 70.9 cm³/mol. The zero-order chi connectivity index (χ0) is 14.7. The minimum absolute atomic E-state index is 0.0815. The molecule has 6 heteroatoms. The Bertz CT molecular complexity index is 595. The normalized spacial score (nSPS) is 12.4. The first-order valence-electron chi connectivity index (χ1n) is 6.44. The molecule has 20 heavy (non-hydrogen) atoms. The maximum Gasteiger partial charge on any atom is 0.196 e. The van der Waals surface area contributed by atoms with Gasteiger partial charge >= 0.3 is 0 Å². The Morgan fingerprint density at radius 1 is 1.20 bits per heavy atom. The summed E-state index contributed by atoms with van der Waals surface area (Å²) in [5, 5.41) is 7.04. The maximum absolute atomic E-state index is 13.5. The second-order valence-corrected chi connectivity index (χ2v) is 4.62. The average Bonchev–Trinajstić information content (AvgIpc) is 2.92. The monoisotopic (exact) mass is 283 g/mol. The predicted octanol–water partition coefficient (Wildman–Crippen LogP) is 3.88. The summed E-state index contributed by atoms with van der Waals surface area (Å²) in [7, 11) is 0. The van der Waals surface area contributed by atoms with Crippen LogP contribution in [-0.4, -0.2) is 9.78 Å².